The molecular formula is C69H105F3N11Na. The maximum atomic E-state index is 14.9. The summed E-state index contributed by atoms with van der Waals surface area (Å²) >= 11 is 0. The Balaban J connectivity index is 0.000000495. The molecule has 8 aliphatic rings. The number of pyridine rings is 1. The average Bonchev–Trinajstić information content (AvgIpc) is 2.49. The molecule has 2 aromatic heterocycles. The quantitative estimate of drug-likeness (QED) is 0.0350. The molecule has 15 heteroatoms. The molecular weight excluding hydrogens is 1060 g/mol. The molecule has 7 fully saturated rings. The minimum atomic E-state index is -4.43. The molecule has 4 saturated heterocycles. The first-order chi connectivity index (χ1) is 40.0. The van der Waals surface area contributed by atoms with E-state index in [1.807, 2.05) is 37.8 Å². The van der Waals surface area contributed by atoms with E-state index in [0.29, 0.717) is 53.3 Å². The van der Waals surface area contributed by atoms with Gasteiger partial charge in [0.15, 0.2) is 0 Å². The largest absolute Gasteiger partial charge is 1.00 e. The molecule has 5 atom stereocenters. The minimum Gasteiger partial charge on any atom is -0.380 e. The number of piperazine rings is 1. The number of hydrazine groups is 1. The van der Waals surface area contributed by atoms with E-state index >= 15 is 0 Å². The first-order valence-electron chi connectivity index (χ1n) is 32.4. The molecule has 0 radical (unpaired) electrons. The van der Waals surface area contributed by atoms with Crippen molar-refractivity contribution in [3.8, 4) is 11.3 Å². The maximum absolute atomic E-state index is 14.9. The molecule has 3 aromatic rings. The average molecular weight is 1170 g/mol. The number of aromatic nitrogens is 2. The van der Waals surface area contributed by atoms with Crippen molar-refractivity contribution in [1.29, 1.82) is 0 Å². The van der Waals surface area contributed by atoms with Gasteiger partial charge in [0.05, 0.1) is 12.1 Å². The van der Waals surface area contributed by atoms with Crippen molar-refractivity contribution in [2.45, 2.75) is 167 Å². The number of alkyl halides is 3. The van der Waals surface area contributed by atoms with Crippen LogP contribution in [0.5, 0.6) is 0 Å². The van der Waals surface area contributed by atoms with Crippen LogP contribution in [0.25, 0.3) is 27.7 Å². The van der Waals surface area contributed by atoms with Crippen molar-refractivity contribution in [2.24, 2.45) is 23.2 Å². The number of likely N-dealkylation sites (tertiary alicyclic amines) is 1. The molecule has 3 saturated carbocycles. The van der Waals surface area contributed by atoms with Gasteiger partial charge in [-0.2, -0.15) is 13.2 Å². The van der Waals surface area contributed by atoms with Crippen molar-refractivity contribution in [3.63, 3.8) is 0 Å². The van der Waals surface area contributed by atoms with E-state index in [2.05, 4.69) is 131 Å². The summed E-state index contributed by atoms with van der Waals surface area (Å²) in [5, 5.41) is 10.3. The van der Waals surface area contributed by atoms with E-state index in [1.54, 1.807) is 4.57 Å². The second kappa shape index (κ2) is 30.7. The molecule has 5 aliphatic heterocycles. The predicted octanol–water partition coefficient (Wildman–Crippen LogP) is 9.38. The maximum Gasteiger partial charge on any atom is 1.00 e. The van der Waals surface area contributed by atoms with Crippen LogP contribution in [-0.4, -0.2) is 170 Å². The molecule has 1 aromatic carbocycles. The summed E-state index contributed by atoms with van der Waals surface area (Å²) in [7, 11) is 4.32. The van der Waals surface area contributed by atoms with Crippen LogP contribution in [0.1, 0.15) is 134 Å². The summed E-state index contributed by atoms with van der Waals surface area (Å²) in [6, 6.07) is 10.9. The van der Waals surface area contributed by atoms with Gasteiger partial charge in [0.1, 0.15) is 6.54 Å². The zero-order chi connectivity index (χ0) is 58.8. The Labute approximate surface area is 527 Å². The summed E-state index contributed by atoms with van der Waals surface area (Å²) in [5.74, 6) is 2.33. The standard InChI is InChI=1S/C57H82F3N8.C7H11N.C5H12N2.Na/c1-9-13-25-56(6,7)34-51-49-32-44(20-23-53(49)68(40-57(58,59)60)55(51)50-33-48(35-61-52(50)11-3)66-30-28-65(29-31-66)47-21-22-47)45-19-16-26-64(38-45)39-46(10-2)62-41(5)54(43-17-14-15-18-43)67-27-24-42(37-67)36-63(8)12-4;1-2-6-7(8-6)5-3-4-5;1-7-5-3-2-4-6-7;/h9-11,19-20,23,32-33,35,42-43,46-47,54,62H,1-2,5,12-18,21-22,24-31,34,36-40H2,3-4,6-8H3;2,5-8H,1,3-4H2;6H,2-5H2,1H3;/q-1;;;+1. The Morgan fingerprint density at radius 3 is 2.32 bits per heavy atom. The van der Waals surface area contributed by atoms with Crippen molar-refractivity contribution in [3.05, 3.63) is 110 Å². The molecule has 0 spiro atoms. The van der Waals surface area contributed by atoms with Gasteiger partial charge < -0.3 is 25.0 Å². The van der Waals surface area contributed by atoms with Crippen molar-refractivity contribution < 1.29 is 42.7 Å². The molecule has 3 aliphatic carbocycles. The second-order valence-corrected chi connectivity index (χ2v) is 26.7. The smallest absolute Gasteiger partial charge is 0.380 e. The number of allylic oxidation sites excluding steroid dienone is 1. The summed E-state index contributed by atoms with van der Waals surface area (Å²) in [5.41, 5.74) is 11.1. The number of hydrogen-bond acceptors (Lipinski definition) is 10. The van der Waals surface area contributed by atoms with Crippen LogP contribution in [0.4, 0.5) is 18.9 Å². The van der Waals surface area contributed by atoms with Crippen molar-refractivity contribution in [2.75, 3.05) is 104 Å². The fourth-order valence-electron chi connectivity index (χ4n) is 14.3. The Morgan fingerprint density at radius 1 is 0.952 bits per heavy atom. The minimum absolute atomic E-state index is 0. The van der Waals surface area contributed by atoms with Crippen molar-refractivity contribution >= 4 is 22.2 Å². The van der Waals surface area contributed by atoms with Gasteiger partial charge in [-0.1, -0.05) is 76.3 Å². The van der Waals surface area contributed by atoms with Crippen LogP contribution in [0.2, 0.25) is 0 Å². The summed E-state index contributed by atoms with van der Waals surface area (Å²) in [6.07, 6.45) is 25.5. The Hall–Kier alpha value is -3.41. The number of halogens is 3. The monoisotopic (exact) mass is 1170 g/mol. The third kappa shape index (κ3) is 18.1. The number of fused-ring (bicyclic) bond motifs is 1. The fourth-order valence-corrected chi connectivity index (χ4v) is 14.3. The molecule has 84 heavy (non-hydrogen) atoms. The third-order valence-corrected chi connectivity index (χ3v) is 19.4. The van der Waals surface area contributed by atoms with Crippen LogP contribution in [-0.2, 0) is 13.0 Å². The van der Waals surface area contributed by atoms with E-state index in [0.717, 1.165) is 143 Å². The third-order valence-electron chi connectivity index (χ3n) is 19.4. The zero-order valence-electron chi connectivity index (χ0n) is 52.9. The number of nitrogens with one attached hydrogen (secondary N) is 3. The number of hydrogen-bond donors (Lipinski definition) is 3. The van der Waals surface area contributed by atoms with Gasteiger partial charge in [-0.15, -0.1) is 38.3 Å². The number of benzene rings is 1. The second-order valence-electron chi connectivity index (χ2n) is 26.7. The van der Waals surface area contributed by atoms with Crippen LogP contribution >= 0.6 is 0 Å². The Bertz CT molecular complexity index is 2650. The van der Waals surface area contributed by atoms with E-state index in [9.17, 15) is 13.2 Å². The summed E-state index contributed by atoms with van der Waals surface area (Å²) in [4.78, 5) is 17.6. The molecule has 11 nitrogen and oxygen atoms in total. The van der Waals surface area contributed by atoms with Gasteiger partial charge >= 0.3 is 35.7 Å². The van der Waals surface area contributed by atoms with Crippen LogP contribution in [0, 0.1) is 29.6 Å². The normalized spacial score (nSPS) is 23.6. The molecule has 0 amide bonds. The van der Waals surface area contributed by atoms with E-state index in [1.165, 1.54) is 82.7 Å². The number of anilines is 1. The van der Waals surface area contributed by atoms with Gasteiger partial charge in [0.25, 0.3) is 0 Å². The molecule has 5 unspecified atom stereocenters. The van der Waals surface area contributed by atoms with Crippen LogP contribution in [0.3, 0.4) is 0 Å². The summed E-state index contributed by atoms with van der Waals surface area (Å²) in [6.45, 7) is 37.4. The SMILES string of the molecule is C=CC1NC1C1CC1.C=CCCC(C)(C)Cc1c(-c2cc(N3CCN(C4CC4)CC3)cnc2[CH-]C)n(CC(F)(F)F)c2ccc(C3=CCCN(CC(C=C)NC(=C)C(C4CCCC4)N4CCC(CN(C)CC)C4)C3)cc12.CN1CCCCN1.[Na+]. The topological polar surface area (TPSA) is 83.3 Å². The van der Waals surface area contributed by atoms with Gasteiger partial charge in [0, 0.05) is 126 Å². The molecule has 0 bridgehead atoms. The zero-order valence-corrected chi connectivity index (χ0v) is 54.9. The van der Waals surface area contributed by atoms with Gasteiger partial charge in [-0.3, -0.25) is 25.1 Å². The Morgan fingerprint density at radius 2 is 1.71 bits per heavy atom. The van der Waals surface area contributed by atoms with Gasteiger partial charge in [-0.05, 0) is 161 Å². The number of nitrogens with zero attached hydrogens (tertiary/aromatic N) is 8. The molecule has 458 valence electrons. The van der Waals surface area contributed by atoms with Crippen molar-refractivity contribution in [1.82, 2.24) is 50.2 Å². The number of rotatable bonds is 24. The van der Waals surface area contributed by atoms with Crippen LogP contribution < -0.4 is 50.5 Å². The molecule has 11 rings (SSSR count). The van der Waals surface area contributed by atoms with E-state index < -0.39 is 12.7 Å². The first-order valence-corrected chi connectivity index (χ1v) is 32.4. The van der Waals surface area contributed by atoms with E-state index in [4.69, 9.17) is 11.6 Å². The summed E-state index contributed by atoms with van der Waals surface area (Å²) < 4.78 is 46.3. The molecule has 7 heterocycles. The van der Waals surface area contributed by atoms with Crippen LogP contribution in [0.15, 0.2) is 86.8 Å². The fraction of sp³-hybridized carbons (Fsp3) is 0.652. The Kier molecular flexibility index (Phi) is 24.3. The first kappa shape index (κ1) is 66.5. The van der Waals surface area contributed by atoms with Gasteiger partial charge in [0.2, 0.25) is 0 Å². The van der Waals surface area contributed by atoms with E-state index in [-0.39, 0.29) is 41.0 Å². The molecule has 3 N–H and O–H groups in total. The van der Waals surface area contributed by atoms with Gasteiger partial charge in [-0.25, -0.2) is 11.4 Å². The predicted molar refractivity (Wildman–Crippen MR) is 341 cm³/mol.